The number of carbonyl (C=O) groups excluding carboxylic acids is 1. The molecule has 0 radical (unpaired) electrons. The number of hydrogen-bond donors (Lipinski definition) is 3. The Morgan fingerprint density at radius 3 is 2.67 bits per heavy atom. The van der Waals surface area contributed by atoms with Crippen LogP contribution in [-0.2, 0) is 0 Å². The molecule has 0 aliphatic carbocycles. The lowest BCUT2D eigenvalue weighted by Crippen LogP contribution is -2.29. The predicted molar refractivity (Wildman–Crippen MR) is 72.7 cm³/mol. The van der Waals surface area contributed by atoms with E-state index in [4.69, 9.17) is 5.11 Å². The zero-order valence-corrected chi connectivity index (χ0v) is 10.0. The molecular weight excluding hydrogens is 228 g/mol. The zero-order chi connectivity index (χ0) is 12.8. The monoisotopic (exact) mass is 244 g/mol. The summed E-state index contributed by atoms with van der Waals surface area (Å²) < 4.78 is 0. The average molecular weight is 244 g/mol. The van der Waals surface area contributed by atoms with Crippen molar-refractivity contribution in [3.8, 4) is 0 Å². The van der Waals surface area contributed by atoms with Crippen LogP contribution < -0.4 is 10.6 Å². The number of amides is 2. The maximum absolute atomic E-state index is 11.5. The molecule has 2 rings (SSSR count). The third-order valence-corrected chi connectivity index (χ3v) is 2.63. The van der Waals surface area contributed by atoms with E-state index in [1.165, 1.54) is 0 Å². The van der Waals surface area contributed by atoms with Gasteiger partial charge in [0, 0.05) is 18.8 Å². The first kappa shape index (κ1) is 12.4. The Bertz CT molecular complexity index is 540. The summed E-state index contributed by atoms with van der Waals surface area (Å²) in [5.74, 6) is 0. The highest BCUT2D eigenvalue weighted by Gasteiger charge is 2.01. The van der Waals surface area contributed by atoms with Crippen molar-refractivity contribution in [3.63, 3.8) is 0 Å². The number of benzene rings is 2. The van der Waals surface area contributed by atoms with Crippen LogP contribution in [0.5, 0.6) is 0 Å². The van der Waals surface area contributed by atoms with Crippen molar-refractivity contribution in [2.24, 2.45) is 0 Å². The van der Waals surface area contributed by atoms with Crippen LogP contribution in [0, 0.1) is 0 Å². The lowest BCUT2D eigenvalue weighted by Gasteiger charge is -2.07. The number of aliphatic hydroxyl groups is 1. The molecule has 4 nitrogen and oxygen atoms in total. The molecule has 0 saturated carbocycles. The van der Waals surface area contributed by atoms with Crippen molar-refractivity contribution >= 4 is 22.5 Å². The Balaban J connectivity index is 2.01. The minimum absolute atomic E-state index is 0.0796. The molecule has 0 aliphatic rings. The van der Waals surface area contributed by atoms with E-state index in [9.17, 15) is 4.79 Å². The Hall–Kier alpha value is -2.07. The maximum atomic E-state index is 11.5. The fraction of sp³-hybridized carbons (Fsp3) is 0.214. The van der Waals surface area contributed by atoms with E-state index in [0.717, 1.165) is 16.5 Å². The highest BCUT2D eigenvalue weighted by atomic mass is 16.3. The van der Waals surface area contributed by atoms with Crippen LogP contribution in [0.3, 0.4) is 0 Å². The summed E-state index contributed by atoms with van der Waals surface area (Å²) in [5.41, 5.74) is 0.759. The summed E-state index contributed by atoms with van der Waals surface area (Å²) in [6.07, 6.45) is 0.561. The normalized spacial score (nSPS) is 10.3. The van der Waals surface area contributed by atoms with Crippen molar-refractivity contribution in [2.45, 2.75) is 6.42 Å². The minimum Gasteiger partial charge on any atom is -0.396 e. The van der Waals surface area contributed by atoms with Gasteiger partial charge in [0.25, 0.3) is 0 Å². The summed E-state index contributed by atoms with van der Waals surface area (Å²) in [6, 6.07) is 13.5. The fourth-order valence-corrected chi connectivity index (χ4v) is 1.72. The molecule has 0 spiro atoms. The molecular formula is C14H16N2O2. The molecule has 0 bridgehead atoms. The summed E-state index contributed by atoms with van der Waals surface area (Å²) in [6.45, 7) is 0.548. The van der Waals surface area contributed by atoms with Crippen LogP contribution in [0.2, 0.25) is 0 Å². The molecule has 18 heavy (non-hydrogen) atoms. The lowest BCUT2D eigenvalue weighted by molar-refractivity contribution is 0.249. The van der Waals surface area contributed by atoms with Crippen molar-refractivity contribution in [3.05, 3.63) is 42.5 Å². The topological polar surface area (TPSA) is 61.4 Å². The molecule has 3 N–H and O–H groups in total. The molecule has 2 amide bonds. The lowest BCUT2D eigenvalue weighted by atomic mass is 10.1. The number of nitrogens with one attached hydrogen (secondary N) is 2. The van der Waals surface area contributed by atoms with Gasteiger partial charge in [0.2, 0.25) is 0 Å². The van der Waals surface area contributed by atoms with Gasteiger partial charge in [0.1, 0.15) is 0 Å². The van der Waals surface area contributed by atoms with Gasteiger partial charge in [-0.15, -0.1) is 0 Å². The number of aliphatic hydroxyl groups excluding tert-OH is 1. The SMILES string of the molecule is O=C(NCCCO)Nc1ccc2ccccc2c1. The van der Waals surface area contributed by atoms with Gasteiger partial charge >= 0.3 is 6.03 Å². The Kier molecular flexibility index (Phi) is 4.15. The second-order valence-electron chi connectivity index (χ2n) is 4.02. The number of rotatable bonds is 4. The van der Waals surface area contributed by atoms with Gasteiger partial charge in [-0.3, -0.25) is 0 Å². The summed E-state index contributed by atoms with van der Waals surface area (Å²) in [7, 11) is 0. The molecule has 0 aliphatic heterocycles. The number of carbonyl (C=O) groups is 1. The molecule has 0 unspecified atom stereocenters. The van der Waals surface area contributed by atoms with Crippen molar-refractivity contribution in [1.29, 1.82) is 0 Å². The average Bonchev–Trinajstić information content (AvgIpc) is 2.39. The fourth-order valence-electron chi connectivity index (χ4n) is 1.72. The third-order valence-electron chi connectivity index (χ3n) is 2.63. The quantitative estimate of drug-likeness (QED) is 0.723. The highest BCUT2D eigenvalue weighted by Crippen LogP contribution is 2.18. The molecule has 0 atom stereocenters. The number of hydrogen-bond acceptors (Lipinski definition) is 2. The number of urea groups is 1. The molecule has 94 valence electrons. The molecule has 0 fully saturated rings. The van der Waals surface area contributed by atoms with Crippen molar-refractivity contribution in [1.82, 2.24) is 5.32 Å². The molecule has 4 heteroatoms. The van der Waals surface area contributed by atoms with Crippen molar-refractivity contribution in [2.75, 3.05) is 18.5 Å². The highest BCUT2D eigenvalue weighted by molar-refractivity contribution is 5.93. The first-order valence-corrected chi connectivity index (χ1v) is 5.94. The standard InChI is InChI=1S/C14H16N2O2/c17-9-3-8-15-14(18)16-13-7-6-11-4-1-2-5-12(11)10-13/h1-2,4-7,10,17H,3,8-9H2,(H2,15,16,18). The minimum atomic E-state index is -0.251. The van der Waals surface area contributed by atoms with E-state index in [2.05, 4.69) is 10.6 Å². The van der Waals surface area contributed by atoms with E-state index < -0.39 is 0 Å². The maximum Gasteiger partial charge on any atom is 0.319 e. The second-order valence-corrected chi connectivity index (χ2v) is 4.02. The predicted octanol–water partition coefficient (Wildman–Crippen LogP) is 2.34. The van der Waals surface area contributed by atoms with Crippen LogP contribution in [0.15, 0.2) is 42.5 Å². The van der Waals surface area contributed by atoms with Gasteiger partial charge in [-0.25, -0.2) is 4.79 Å². The summed E-state index contributed by atoms with van der Waals surface area (Å²) in [5, 5.41) is 16.3. The Morgan fingerprint density at radius 2 is 1.89 bits per heavy atom. The van der Waals surface area contributed by atoms with E-state index in [1.807, 2.05) is 42.5 Å². The van der Waals surface area contributed by atoms with Gasteiger partial charge in [0.15, 0.2) is 0 Å². The first-order valence-electron chi connectivity index (χ1n) is 5.94. The van der Waals surface area contributed by atoms with Gasteiger partial charge in [0.05, 0.1) is 0 Å². The zero-order valence-electron chi connectivity index (χ0n) is 10.0. The summed E-state index contributed by atoms with van der Waals surface area (Å²) >= 11 is 0. The molecule has 2 aromatic rings. The molecule has 0 aromatic heterocycles. The second kappa shape index (κ2) is 6.02. The largest absolute Gasteiger partial charge is 0.396 e. The van der Waals surface area contributed by atoms with E-state index in [1.54, 1.807) is 0 Å². The number of anilines is 1. The van der Waals surface area contributed by atoms with Gasteiger partial charge in [-0.1, -0.05) is 30.3 Å². The smallest absolute Gasteiger partial charge is 0.319 e. The number of fused-ring (bicyclic) bond motifs is 1. The van der Waals surface area contributed by atoms with Crippen molar-refractivity contribution < 1.29 is 9.90 Å². The van der Waals surface area contributed by atoms with E-state index in [0.29, 0.717) is 13.0 Å². The Morgan fingerprint density at radius 1 is 1.11 bits per heavy atom. The van der Waals surface area contributed by atoms with Gasteiger partial charge < -0.3 is 15.7 Å². The van der Waals surface area contributed by atoms with Crippen LogP contribution in [0.4, 0.5) is 10.5 Å². The van der Waals surface area contributed by atoms with E-state index >= 15 is 0 Å². The molecule has 0 saturated heterocycles. The van der Waals surface area contributed by atoms with Gasteiger partial charge in [-0.2, -0.15) is 0 Å². The Labute approximate surface area is 106 Å². The van der Waals surface area contributed by atoms with Crippen LogP contribution in [-0.4, -0.2) is 24.3 Å². The van der Waals surface area contributed by atoms with Crippen LogP contribution in [0.1, 0.15) is 6.42 Å². The van der Waals surface area contributed by atoms with Crippen LogP contribution >= 0.6 is 0 Å². The molecule has 0 heterocycles. The third kappa shape index (κ3) is 3.21. The molecule has 2 aromatic carbocycles. The van der Waals surface area contributed by atoms with Gasteiger partial charge in [-0.05, 0) is 29.3 Å². The first-order chi connectivity index (χ1) is 8.79. The summed E-state index contributed by atoms with van der Waals surface area (Å²) in [4.78, 5) is 11.5. The van der Waals surface area contributed by atoms with E-state index in [-0.39, 0.29) is 12.6 Å². The van der Waals surface area contributed by atoms with Crippen LogP contribution in [0.25, 0.3) is 10.8 Å².